The summed E-state index contributed by atoms with van der Waals surface area (Å²) in [5.41, 5.74) is 7.85. The van der Waals surface area contributed by atoms with E-state index < -0.39 is 0 Å². The molecule has 2 heterocycles. The first-order valence-electron chi connectivity index (χ1n) is 14.6. The number of piperidine rings is 1. The highest BCUT2D eigenvalue weighted by Gasteiger charge is 2.25. The molecule has 0 radical (unpaired) electrons. The molecule has 1 atom stereocenters. The Balaban J connectivity index is 1.20. The Labute approximate surface area is 259 Å². The van der Waals surface area contributed by atoms with E-state index in [9.17, 15) is 0 Å². The van der Waals surface area contributed by atoms with Crippen LogP contribution in [0.15, 0.2) is 112 Å². The predicted molar refractivity (Wildman–Crippen MR) is 182 cm³/mol. The second kappa shape index (κ2) is 13.7. The van der Waals surface area contributed by atoms with Crippen molar-refractivity contribution in [1.29, 1.82) is 0 Å². The SMILES string of the molecule is C=C(NSc1cccs1)C(C)(C)Cc1cccc(C2CCCN(Sc3cccc(-c4ccc(C(C)C)cc4)c3)C2)c1. The van der Waals surface area contributed by atoms with E-state index >= 15 is 0 Å². The van der Waals surface area contributed by atoms with Gasteiger partial charge in [0.1, 0.15) is 0 Å². The van der Waals surface area contributed by atoms with Crippen LogP contribution in [0, 0.1) is 5.41 Å². The van der Waals surface area contributed by atoms with E-state index in [4.69, 9.17) is 0 Å². The molecule has 1 aliphatic heterocycles. The smallest absolute Gasteiger partial charge is 0.0807 e. The lowest BCUT2D eigenvalue weighted by Gasteiger charge is -2.32. The molecule has 1 unspecified atom stereocenters. The van der Waals surface area contributed by atoms with Gasteiger partial charge in [-0.05, 0) is 106 Å². The van der Waals surface area contributed by atoms with E-state index in [1.54, 1.807) is 23.3 Å². The number of allylic oxidation sites excluding steroid dienone is 1. The van der Waals surface area contributed by atoms with Crippen LogP contribution in [0.25, 0.3) is 11.1 Å². The van der Waals surface area contributed by atoms with Crippen molar-refractivity contribution >= 4 is 35.2 Å². The van der Waals surface area contributed by atoms with Gasteiger partial charge in [-0.15, -0.1) is 11.3 Å². The maximum atomic E-state index is 4.38. The number of hydrogen-bond acceptors (Lipinski definition) is 5. The highest BCUT2D eigenvalue weighted by molar-refractivity contribution is 7.99. The predicted octanol–water partition coefficient (Wildman–Crippen LogP) is 10.8. The van der Waals surface area contributed by atoms with Gasteiger partial charge in [0.25, 0.3) is 0 Å². The van der Waals surface area contributed by atoms with Gasteiger partial charge in [-0.1, -0.05) is 101 Å². The van der Waals surface area contributed by atoms with Gasteiger partial charge in [-0.3, -0.25) is 0 Å². The number of rotatable bonds is 11. The van der Waals surface area contributed by atoms with E-state index in [-0.39, 0.29) is 5.41 Å². The highest BCUT2D eigenvalue weighted by Crippen LogP contribution is 2.36. The average Bonchev–Trinajstić information content (AvgIpc) is 3.50. The minimum Gasteiger partial charge on any atom is -0.329 e. The molecule has 1 aromatic heterocycles. The number of thiophene rings is 1. The van der Waals surface area contributed by atoms with Crippen molar-refractivity contribution in [3.63, 3.8) is 0 Å². The molecule has 0 saturated carbocycles. The van der Waals surface area contributed by atoms with Crippen LogP contribution in [-0.2, 0) is 6.42 Å². The van der Waals surface area contributed by atoms with E-state index in [2.05, 4.69) is 134 Å². The van der Waals surface area contributed by atoms with Crippen LogP contribution in [0.4, 0.5) is 0 Å². The third kappa shape index (κ3) is 8.10. The number of hydrogen-bond donors (Lipinski definition) is 1. The molecule has 1 N–H and O–H groups in total. The van der Waals surface area contributed by atoms with Crippen LogP contribution < -0.4 is 4.72 Å². The van der Waals surface area contributed by atoms with E-state index in [1.807, 2.05) is 11.9 Å². The summed E-state index contributed by atoms with van der Waals surface area (Å²) in [6.07, 6.45) is 3.44. The highest BCUT2D eigenvalue weighted by atomic mass is 32.2. The molecule has 2 nitrogen and oxygen atoms in total. The second-order valence-corrected chi connectivity index (χ2v) is 15.3. The van der Waals surface area contributed by atoms with Gasteiger partial charge in [0.2, 0.25) is 0 Å². The minimum absolute atomic E-state index is 0.0442. The molecule has 0 bridgehead atoms. The molecule has 214 valence electrons. The third-order valence-corrected chi connectivity index (χ3v) is 11.0. The minimum atomic E-state index is -0.0442. The monoisotopic (exact) mass is 598 g/mol. The van der Waals surface area contributed by atoms with Gasteiger partial charge in [0.05, 0.1) is 4.21 Å². The normalized spacial score (nSPS) is 16.2. The summed E-state index contributed by atoms with van der Waals surface area (Å²) in [4.78, 5) is 1.32. The van der Waals surface area contributed by atoms with Crippen LogP contribution in [0.2, 0.25) is 0 Å². The first kappa shape index (κ1) is 30.0. The van der Waals surface area contributed by atoms with Crippen LogP contribution in [0.1, 0.15) is 69.1 Å². The summed E-state index contributed by atoms with van der Waals surface area (Å²) in [5.74, 6) is 1.11. The van der Waals surface area contributed by atoms with Gasteiger partial charge in [0, 0.05) is 29.1 Å². The standard InChI is InChI=1S/C36H42N2S3/c1-26(2)29-16-18-30(19-17-29)32-12-7-14-34(23-32)41-38-20-8-13-33(25-38)31-11-6-10-28(22-31)24-36(4,5)27(3)37-40-35-15-9-21-39-35/h6-7,9-12,14-19,21-23,26,33,37H,3,8,13,20,24-25H2,1-2,4-5H3. The fraction of sp³-hybridized carbons (Fsp3) is 0.333. The molecule has 1 aliphatic rings. The maximum Gasteiger partial charge on any atom is 0.0807 e. The average molecular weight is 599 g/mol. The van der Waals surface area contributed by atoms with Gasteiger partial charge in [-0.25, -0.2) is 4.31 Å². The topological polar surface area (TPSA) is 15.3 Å². The zero-order valence-electron chi connectivity index (χ0n) is 24.7. The van der Waals surface area contributed by atoms with Crippen molar-refractivity contribution in [3.05, 3.63) is 119 Å². The third-order valence-electron chi connectivity index (χ3n) is 8.02. The molecule has 5 rings (SSSR count). The Hall–Kier alpha value is -2.44. The van der Waals surface area contributed by atoms with Crippen molar-refractivity contribution in [3.8, 4) is 11.1 Å². The summed E-state index contributed by atoms with van der Waals surface area (Å²) in [6, 6.07) is 31.6. The lowest BCUT2D eigenvalue weighted by atomic mass is 9.82. The van der Waals surface area contributed by atoms with Gasteiger partial charge in [0.15, 0.2) is 0 Å². The Morgan fingerprint density at radius 3 is 2.56 bits per heavy atom. The van der Waals surface area contributed by atoms with Crippen LogP contribution >= 0.6 is 35.2 Å². The Morgan fingerprint density at radius 1 is 1.00 bits per heavy atom. The van der Waals surface area contributed by atoms with Gasteiger partial charge in [-0.2, -0.15) is 0 Å². The van der Waals surface area contributed by atoms with Crippen LogP contribution in [-0.4, -0.2) is 17.4 Å². The second-order valence-electron chi connectivity index (χ2n) is 12.0. The molecule has 0 spiro atoms. The Bertz CT molecular complexity index is 1420. The summed E-state index contributed by atoms with van der Waals surface area (Å²) in [5, 5.41) is 2.11. The molecule has 3 aromatic carbocycles. The number of nitrogens with one attached hydrogen (secondary N) is 1. The van der Waals surface area contributed by atoms with Gasteiger partial charge < -0.3 is 4.72 Å². The molecule has 0 aliphatic carbocycles. The zero-order chi connectivity index (χ0) is 28.8. The zero-order valence-corrected chi connectivity index (χ0v) is 27.2. The van der Waals surface area contributed by atoms with Crippen molar-refractivity contribution < 1.29 is 0 Å². The quantitative estimate of drug-likeness (QED) is 0.173. The van der Waals surface area contributed by atoms with Gasteiger partial charge >= 0.3 is 0 Å². The van der Waals surface area contributed by atoms with Crippen molar-refractivity contribution in [2.45, 2.75) is 67.9 Å². The van der Waals surface area contributed by atoms with Crippen molar-refractivity contribution in [1.82, 2.24) is 9.03 Å². The van der Waals surface area contributed by atoms with Crippen molar-refractivity contribution in [2.75, 3.05) is 13.1 Å². The lowest BCUT2D eigenvalue weighted by Crippen LogP contribution is -2.29. The summed E-state index contributed by atoms with van der Waals surface area (Å²) in [7, 11) is 0. The molecular weight excluding hydrogens is 557 g/mol. The molecular formula is C36H42N2S3. The van der Waals surface area contributed by atoms with Crippen LogP contribution in [0.5, 0.6) is 0 Å². The molecule has 0 amide bonds. The molecule has 4 aromatic rings. The maximum absolute atomic E-state index is 4.38. The number of benzene rings is 3. The summed E-state index contributed by atoms with van der Waals surface area (Å²) < 4.78 is 7.33. The fourth-order valence-corrected chi connectivity index (χ4v) is 8.06. The fourth-order valence-electron chi connectivity index (χ4n) is 5.39. The largest absolute Gasteiger partial charge is 0.329 e. The molecule has 1 saturated heterocycles. The Morgan fingerprint density at radius 2 is 1.80 bits per heavy atom. The van der Waals surface area contributed by atoms with Crippen LogP contribution in [0.3, 0.4) is 0 Å². The van der Waals surface area contributed by atoms with Crippen molar-refractivity contribution in [2.24, 2.45) is 5.41 Å². The first-order chi connectivity index (χ1) is 19.8. The van der Waals surface area contributed by atoms with E-state index in [0.29, 0.717) is 11.8 Å². The lowest BCUT2D eigenvalue weighted by molar-refractivity contribution is 0.342. The Kier molecular flexibility index (Phi) is 10.0. The molecule has 5 heteroatoms. The first-order valence-corrected chi connectivity index (χ1v) is 17.1. The summed E-state index contributed by atoms with van der Waals surface area (Å²) >= 11 is 5.33. The van der Waals surface area contributed by atoms with E-state index in [1.165, 1.54) is 49.8 Å². The van der Waals surface area contributed by atoms with E-state index in [0.717, 1.165) is 25.2 Å². The summed E-state index contributed by atoms with van der Waals surface area (Å²) in [6.45, 7) is 15.7. The molecule has 41 heavy (non-hydrogen) atoms. The molecule has 1 fully saturated rings. The number of nitrogens with zero attached hydrogens (tertiary/aromatic N) is 1.